The highest BCUT2D eigenvalue weighted by atomic mass is 35.5. The summed E-state index contributed by atoms with van der Waals surface area (Å²) in [6.07, 6.45) is 0. The normalized spacial score (nSPS) is 16.8. The van der Waals surface area contributed by atoms with Gasteiger partial charge < -0.3 is 24.3 Å². The van der Waals surface area contributed by atoms with Crippen LogP contribution in [-0.2, 0) is 6.54 Å². The molecule has 1 heterocycles. The highest BCUT2D eigenvalue weighted by Crippen LogP contribution is 2.39. The molecule has 7 heteroatoms. The Hall–Kier alpha value is -2.15. The topological polar surface area (TPSA) is 52.2 Å². The van der Waals surface area contributed by atoms with Gasteiger partial charge in [0.15, 0.2) is 11.5 Å². The van der Waals surface area contributed by atoms with Crippen LogP contribution in [0.15, 0.2) is 36.4 Å². The third-order valence-corrected chi connectivity index (χ3v) is 4.96. The quantitative estimate of drug-likeness (QED) is 0.758. The van der Waals surface area contributed by atoms with Crippen LogP contribution in [0.2, 0.25) is 0 Å². The molecule has 1 aliphatic heterocycles. The van der Waals surface area contributed by atoms with Crippen LogP contribution in [0.5, 0.6) is 23.0 Å². The fourth-order valence-corrected chi connectivity index (χ4v) is 3.65. The Morgan fingerprint density at radius 3 is 2.18 bits per heavy atom. The molecule has 1 unspecified atom stereocenters. The minimum absolute atomic E-state index is 0. The average molecular weight is 409 g/mol. The molecule has 154 valence electrons. The molecule has 1 aliphatic rings. The van der Waals surface area contributed by atoms with Gasteiger partial charge in [-0.25, -0.2) is 0 Å². The maximum atomic E-state index is 5.59. The van der Waals surface area contributed by atoms with Gasteiger partial charge in [-0.3, -0.25) is 4.90 Å². The van der Waals surface area contributed by atoms with Crippen molar-refractivity contribution in [1.82, 2.24) is 10.2 Å². The fraction of sp³-hybridized carbons (Fsp3) is 0.429. The van der Waals surface area contributed by atoms with E-state index in [1.807, 2.05) is 24.3 Å². The van der Waals surface area contributed by atoms with E-state index in [0.717, 1.165) is 37.5 Å². The zero-order chi connectivity index (χ0) is 19.2. The van der Waals surface area contributed by atoms with E-state index in [1.54, 1.807) is 28.4 Å². The molecule has 2 aromatic carbocycles. The minimum Gasteiger partial charge on any atom is -0.496 e. The van der Waals surface area contributed by atoms with E-state index in [4.69, 9.17) is 18.9 Å². The Bertz CT molecular complexity index is 747. The van der Waals surface area contributed by atoms with E-state index >= 15 is 0 Å². The summed E-state index contributed by atoms with van der Waals surface area (Å²) in [5.74, 6) is 2.89. The van der Waals surface area contributed by atoms with Gasteiger partial charge >= 0.3 is 0 Å². The standard InChI is InChI=1S/C21H28N2O4.ClH/c1-24-18-8-6-5-7-16(18)17-13-22-9-10-23(17)14-15-11-19(25-2)21(27-4)20(12-15)26-3;/h5-8,11-12,17,22H,9-10,13-14H2,1-4H3;1H. The van der Waals surface area contributed by atoms with Crippen molar-refractivity contribution in [2.45, 2.75) is 12.6 Å². The summed E-state index contributed by atoms with van der Waals surface area (Å²) in [4.78, 5) is 2.45. The molecule has 6 nitrogen and oxygen atoms in total. The molecule has 0 spiro atoms. The highest BCUT2D eigenvalue weighted by Gasteiger charge is 2.27. The number of ether oxygens (including phenoxy) is 4. The molecule has 0 amide bonds. The lowest BCUT2D eigenvalue weighted by atomic mass is 10.0. The summed E-state index contributed by atoms with van der Waals surface area (Å²) in [5, 5.41) is 3.50. The van der Waals surface area contributed by atoms with Gasteiger partial charge in [-0.05, 0) is 23.8 Å². The first kappa shape index (κ1) is 22.1. The summed E-state index contributed by atoms with van der Waals surface area (Å²) < 4.78 is 22.0. The second-order valence-corrected chi connectivity index (χ2v) is 6.47. The van der Waals surface area contributed by atoms with Crippen molar-refractivity contribution < 1.29 is 18.9 Å². The average Bonchev–Trinajstić information content (AvgIpc) is 2.73. The minimum atomic E-state index is 0. The van der Waals surface area contributed by atoms with E-state index in [2.05, 4.69) is 22.3 Å². The van der Waals surface area contributed by atoms with Crippen molar-refractivity contribution in [1.29, 1.82) is 0 Å². The van der Waals surface area contributed by atoms with Gasteiger partial charge in [0.2, 0.25) is 5.75 Å². The number of nitrogens with zero attached hydrogens (tertiary/aromatic N) is 1. The van der Waals surface area contributed by atoms with Crippen LogP contribution >= 0.6 is 12.4 Å². The maximum Gasteiger partial charge on any atom is 0.203 e. The van der Waals surface area contributed by atoms with Gasteiger partial charge in [0.1, 0.15) is 5.75 Å². The first-order valence-corrected chi connectivity index (χ1v) is 9.08. The Balaban J connectivity index is 0.00000280. The second-order valence-electron chi connectivity index (χ2n) is 6.47. The summed E-state index contributed by atoms with van der Waals surface area (Å²) >= 11 is 0. The van der Waals surface area contributed by atoms with Gasteiger partial charge in [0.05, 0.1) is 34.5 Å². The number of nitrogens with one attached hydrogen (secondary N) is 1. The molecule has 3 rings (SSSR count). The largest absolute Gasteiger partial charge is 0.496 e. The van der Waals surface area contributed by atoms with E-state index in [0.29, 0.717) is 17.2 Å². The monoisotopic (exact) mass is 408 g/mol. The van der Waals surface area contributed by atoms with Crippen molar-refractivity contribution in [3.05, 3.63) is 47.5 Å². The zero-order valence-electron chi connectivity index (χ0n) is 16.9. The van der Waals surface area contributed by atoms with Crippen molar-refractivity contribution in [2.75, 3.05) is 48.1 Å². The maximum absolute atomic E-state index is 5.59. The van der Waals surface area contributed by atoms with Crippen molar-refractivity contribution in [3.63, 3.8) is 0 Å². The molecule has 1 saturated heterocycles. The number of rotatable bonds is 7. The van der Waals surface area contributed by atoms with Gasteiger partial charge in [0, 0.05) is 31.7 Å². The van der Waals surface area contributed by atoms with Crippen LogP contribution in [0.1, 0.15) is 17.2 Å². The smallest absolute Gasteiger partial charge is 0.203 e. The summed E-state index contributed by atoms with van der Waals surface area (Å²) in [7, 11) is 6.62. The molecule has 0 radical (unpaired) electrons. The number of hydrogen-bond acceptors (Lipinski definition) is 6. The van der Waals surface area contributed by atoms with Gasteiger partial charge in [-0.1, -0.05) is 18.2 Å². The molecule has 1 atom stereocenters. The van der Waals surface area contributed by atoms with E-state index in [1.165, 1.54) is 5.56 Å². The van der Waals surface area contributed by atoms with E-state index in [-0.39, 0.29) is 18.4 Å². The lowest BCUT2D eigenvalue weighted by Crippen LogP contribution is -2.45. The third-order valence-electron chi connectivity index (χ3n) is 4.96. The number of benzene rings is 2. The number of piperazine rings is 1. The number of hydrogen-bond donors (Lipinski definition) is 1. The number of methoxy groups -OCH3 is 4. The van der Waals surface area contributed by atoms with Gasteiger partial charge in [-0.15, -0.1) is 12.4 Å². The Labute approximate surface area is 173 Å². The van der Waals surface area contributed by atoms with Crippen molar-refractivity contribution in [2.24, 2.45) is 0 Å². The summed E-state index contributed by atoms with van der Waals surface area (Å²) in [5.41, 5.74) is 2.31. The number of halogens is 1. The van der Waals surface area contributed by atoms with Gasteiger partial charge in [0.25, 0.3) is 0 Å². The molecular weight excluding hydrogens is 380 g/mol. The molecule has 2 aromatic rings. The van der Waals surface area contributed by atoms with Crippen LogP contribution in [0.4, 0.5) is 0 Å². The van der Waals surface area contributed by atoms with E-state index in [9.17, 15) is 0 Å². The third kappa shape index (κ3) is 4.63. The lowest BCUT2D eigenvalue weighted by Gasteiger charge is -2.37. The lowest BCUT2D eigenvalue weighted by molar-refractivity contribution is 0.150. The molecular formula is C21H29ClN2O4. The van der Waals surface area contributed by atoms with Crippen LogP contribution in [0.25, 0.3) is 0 Å². The first-order valence-electron chi connectivity index (χ1n) is 9.08. The Morgan fingerprint density at radius 2 is 1.57 bits per heavy atom. The summed E-state index contributed by atoms with van der Waals surface area (Å²) in [6.45, 7) is 3.56. The predicted octanol–water partition coefficient (Wildman–Crippen LogP) is 3.29. The van der Waals surface area contributed by atoms with Crippen molar-refractivity contribution >= 4 is 12.4 Å². The predicted molar refractivity (Wildman–Crippen MR) is 112 cm³/mol. The first-order chi connectivity index (χ1) is 13.2. The molecule has 28 heavy (non-hydrogen) atoms. The van der Waals surface area contributed by atoms with Crippen LogP contribution in [0, 0.1) is 0 Å². The molecule has 0 bridgehead atoms. The highest BCUT2D eigenvalue weighted by molar-refractivity contribution is 5.85. The molecule has 0 aliphatic carbocycles. The Kier molecular flexibility index (Phi) is 8.23. The second kappa shape index (κ2) is 10.4. The van der Waals surface area contributed by atoms with Crippen LogP contribution in [-0.4, -0.2) is 53.0 Å². The Morgan fingerprint density at radius 1 is 0.929 bits per heavy atom. The van der Waals surface area contributed by atoms with Crippen LogP contribution in [0.3, 0.4) is 0 Å². The molecule has 1 fully saturated rings. The van der Waals surface area contributed by atoms with Crippen molar-refractivity contribution in [3.8, 4) is 23.0 Å². The zero-order valence-corrected chi connectivity index (χ0v) is 17.7. The fourth-order valence-electron chi connectivity index (χ4n) is 3.65. The summed E-state index contributed by atoms with van der Waals surface area (Å²) in [6, 6.07) is 12.5. The molecule has 0 aromatic heterocycles. The van der Waals surface area contributed by atoms with Gasteiger partial charge in [-0.2, -0.15) is 0 Å². The number of para-hydroxylation sites is 1. The molecule has 1 N–H and O–H groups in total. The SMILES string of the molecule is COc1ccccc1C1CNCCN1Cc1cc(OC)c(OC)c(OC)c1.Cl. The van der Waals surface area contributed by atoms with Crippen LogP contribution < -0.4 is 24.3 Å². The molecule has 0 saturated carbocycles. The van der Waals surface area contributed by atoms with E-state index < -0.39 is 0 Å².